The van der Waals surface area contributed by atoms with Gasteiger partial charge in [0.05, 0.1) is 5.60 Å². The molecule has 0 aromatic heterocycles. The Labute approximate surface area is 79.4 Å². The predicted molar refractivity (Wildman–Crippen MR) is 53.5 cm³/mol. The van der Waals surface area contributed by atoms with Gasteiger partial charge in [0.1, 0.15) is 0 Å². The molecule has 1 heteroatoms. The molecule has 1 aliphatic carbocycles. The molecule has 0 bridgehead atoms. The summed E-state index contributed by atoms with van der Waals surface area (Å²) >= 11 is 0. The molecule has 0 unspecified atom stereocenters. The summed E-state index contributed by atoms with van der Waals surface area (Å²) in [4.78, 5) is 0. The molecule has 0 radical (unpaired) electrons. The summed E-state index contributed by atoms with van der Waals surface area (Å²) in [6.07, 6.45) is 2.19. The number of fused-ring (bicyclic) bond motifs is 1. The number of benzene rings is 1. The minimum absolute atomic E-state index is 0.363. The van der Waals surface area contributed by atoms with Crippen molar-refractivity contribution < 1.29 is 5.11 Å². The molecular formula is C12H16O. The Hall–Kier alpha value is -0.820. The van der Waals surface area contributed by atoms with Gasteiger partial charge in [-0.05, 0) is 36.8 Å². The number of rotatable bonds is 0. The highest BCUT2D eigenvalue weighted by Crippen LogP contribution is 2.38. The standard InChI is InChI=1S/C12H16O/c1-9-7-8-10-5-3-4-6-11(10)12(9,2)13/h3-6,9,13H,7-8H2,1-2H3/t9-,12-/m0/s1. The molecule has 1 N–H and O–H groups in total. The summed E-state index contributed by atoms with van der Waals surface area (Å²) in [5, 5.41) is 10.3. The van der Waals surface area contributed by atoms with Crippen LogP contribution in [0.25, 0.3) is 0 Å². The minimum atomic E-state index is -0.630. The molecule has 1 aromatic rings. The van der Waals surface area contributed by atoms with Crippen molar-refractivity contribution >= 4 is 0 Å². The van der Waals surface area contributed by atoms with E-state index in [0.717, 1.165) is 18.4 Å². The Morgan fingerprint density at radius 3 is 2.85 bits per heavy atom. The molecule has 2 rings (SSSR count). The number of aryl methyl sites for hydroxylation is 1. The second kappa shape index (κ2) is 2.85. The molecular weight excluding hydrogens is 160 g/mol. The molecule has 0 saturated carbocycles. The fourth-order valence-electron chi connectivity index (χ4n) is 2.15. The van der Waals surface area contributed by atoms with Gasteiger partial charge in [-0.2, -0.15) is 0 Å². The lowest BCUT2D eigenvalue weighted by molar-refractivity contribution is -0.00943. The summed E-state index contributed by atoms with van der Waals surface area (Å²) in [6, 6.07) is 8.22. The fourth-order valence-corrected chi connectivity index (χ4v) is 2.15. The van der Waals surface area contributed by atoms with E-state index in [-0.39, 0.29) is 0 Å². The molecule has 70 valence electrons. The molecule has 0 fully saturated rings. The van der Waals surface area contributed by atoms with E-state index in [9.17, 15) is 5.11 Å². The van der Waals surface area contributed by atoms with E-state index in [1.165, 1.54) is 5.56 Å². The molecule has 0 aliphatic heterocycles. The number of hydrogen-bond acceptors (Lipinski definition) is 1. The lowest BCUT2D eigenvalue weighted by Gasteiger charge is -2.36. The summed E-state index contributed by atoms with van der Waals surface area (Å²) in [5.74, 6) is 0.363. The van der Waals surface area contributed by atoms with Crippen LogP contribution in [0.2, 0.25) is 0 Å². The predicted octanol–water partition coefficient (Wildman–Crippen LogP) is 2.48. The molecule has 0 spiro atoms. The Kier molecular flexibility index (Phi) is 1.92. The van der Waals surface area contributed by atoms with Crippen molar-refractivity contribution in [1.29, 1.82) is 0 Å². The van der Waals surface area contributed by atoms with Gasteiger partial charge in [0, 0.05) is 0 Å². The van der Waals surface area contributed by atoms with E-state index in [1.54, 1.807) is 0 Å². The van der Waals surface area contributed by atoms with E-state index in [4.69, 9.17) is 0 Å². The first kappa shape index (κ1) is 8.76. The van der Waals surface area contributed by atoms with Crippen LogP contribution in [0.15, 0.2) is 24.3 Å². The second-order valence-electron chi connectivity index (χ2n) is 4.24. The Morgan fingerprint density at radius 1 is 1.38 bits per heavy atom. The van der Waals surface area contributed by atoms with Crippen LogP contribution < -0.4 is 0 Å². The van der Waals surface area contributed by atoms with Crippen LogP contribution in [0, 0.1) is 5.92 Å². The monoisotopic (exact) mass is 176 g/mol. The third kappa shape index (κ3) is 1.28. The summed E-state index contributed by atoms with van der Waals surface area (Å²) in [7, 11) is 0. The normalized spacial score (nSPS) is 32.7. The van der Waals surface area contributed by atoms with Gasteiger partial charge in [-0.15, -0.1) is 0 Å². The third-order valence-electron chi connectivity index (χ3n) is 3.37. The smallest absolute Gasteiger partial charge is 0.0896 e. The van der Waals surface area contributed by atoms with Crippen molar-refractivity contribution in [3.63, 3.8) is 0 Å². The maximum Gasteiger partial charge on any atom is 0.0896 e. The van der Waals surface area contributed by atoms with E-state index in [1.807, 2.05) is 25.1 Å². The van der Waals surface area contributed by atoms with Gasteiger partial charge in [0.2, 0.25) is 0 Å². The van der Waals surface area contributed by atoms with Crippen molar-refractivity contribution in [1.82, 2.24) is 0 Å². The average molecular weight is 176 g/mol. The average Bonchev–Trinajstić information content (AvgIpc) is 2.13. The van der Waals surface area contributed by atoms with E-state index < -0.39 is 5.60 Å². The molecule has 0 saturated heterocycles. The SMILES string of the molecule is C[C@H]1CCc2ccccc2[C@@]1(C)O. The van der Waals surface area contributed by atoms with Gasteiger partial charge in [0.25, 0.3) is 0 Å². The van der Waals surface area contributed by atoms with E-state index in [0.29, 0.717) is 5.92 Å². The topological polar surface area (TPSA) is 20.2 Å². The molecule has 0 heterocycles. The largest absolute Gasteiger partial charge is 0.385 e. The molecule has 1 aliphatic rings. The maximum atomic E-state index is 10.3. The van der Waals surface area contributed by atoms with Crippen LogP contribution in [-0.2, 0) is 12.0 Å². The summed E-state index contributed by atoms with van der Waals surface area (Å²) < 4.78 is 0. The maximum absolute atomic E-state index is 10.3. The lowest BCUT2D eigenvalue weighted by Crippen LogP contribution is -2.34. The van der Waals surface area contributed by atoms with Gasteiger partial charge < -0.3 is 5.11 Å². The highest BCUT2D eigenvalue weighted by Gasteiger charge is 2.35. The highest BCUT2D eigenvalue weighted by atomic mass is 16.3. The van der Waals surface area contributed by atoms with Crippen LogP contribution in [0.1, 0.15) is 31.4 Å². The minimum Gasteiger partial charge on any atom is -0.385 e. The first-order valence-electron chi connectivity index (χ1n) is 4.93. The van der Waals surface area contributed by atoms with Crippen molar-refractivity contribution in [3.8, 4) is 0 Å². The first-order valence-corrected chi connectivity index (χ1v) is 4.93. The highest BCUT2D eigenvalue weighted by molar-refractivity contribution is 5.34. The fraction of sp³-hybridized carbons (Fsp3) is 0.500. The zero-order chi connectivity index (χ0) is 9.47. The van der Waals surface area contributed by atoms with Gasteiger partial charge in [-0.25, -0.2) is 0 Å². The Morgan fingerprint density at radius 2 is 2.08 bits per heavy atom. The molecule has 0 amide bonds. The molecule has 2 atom stereocenters. The van der Waals surface area contributed by atoms with Gasteiger partial charge in [0.15, 0.2) is 0 Å². The van der Waals surface area contributed by atoms with Crippen LogP contribution in [0.4, 0.5) is 0 Å². The zero-order valence-corrected chi connectivity index (χ0v) is 8.25. The van der Waals surface area contributed by atoms with Crippen LogP contribution >= 0.6 is 0 Å². The van der Waals surface area contributed by atoms with Gasteiger partial charge in [-0.3, -0.25) is 0 Å². The van der Waals surface area contributed by atoms with E-state index in [2.05, 4.69) is 13.0 Å². The molecule has 1 nitrogen and oxygen atoms in total. The van der Waals surface area contributed by atoms with Crippen molar-refractivity contribution in [2.75, 3.05) is 0 Å². The van der Waals surface area contributed by atoms with Gasteiger partial charge >= 0.3 is 0 Å². The second-order valence-corrected chi connectivity index (χ2v) is 4.24. The molecule has 1 aromatic carbocycles. The third-order valence-corrected chi connectivity index (χ3v) is 3.37. The van der Waals surface area contributed by atoms with Crippen LogP contribution in [0.5, 0.6) is 0 Å². The van der Waals surface area contributed by atoms with Crippen molar-refractivity contribution in [2.24, 2.45) is 5.92 Å². The van der Waals surface area contributed by atoms with Crippen LogP contribution in [-0.4, -0.2) is 5.11 Å². The quantitative estimate of drug-likeness (QED) is 0.644. The van der Waals surface area contributed by atoms with Crippen molar-refractivity contribution in [3.05, 3.63) is 35.4 Å². The zero-order valence-electron chi connectivity index (χ0n) is 8.25. The Bertz CT molecular complexity index is 315. The number of aliphatic hydroxyl groups is 1. The first-order chi connectivity index (χ1) is 6.12. The van der Waals surface area contributed by atoms with Crippen LogP contribution in [0.3, 0.4) is 0 Å². The molecule has 13 heavy (non-hydrogen) atoms. The van der Waals surface area contributed by atoms with Crippen molar-refractivity contribution in [2.45, 2.75) is 32.3 Å². The summed E-state index contributed by atoms with van der Waals surface area (Å²) in [5.41, 5.74) is 1.80. The van der Waals surface area contributed by atoms with Gasteiger partial charge in [-0.1, -0.05) is 31.2 Å². The number of hydrogen-bond donors (Lipinski definition) is 1. The summed E-state index contributed by atoms with van der Waals surface area (Å²) in [6.45, 7) is 4.05. The van der Waals surface area contributed by atoms with E-state index >= 15 is 0 Å². The Balaban J connectivity index is 2.52. The lowest BCUT2D eigenvalue weighted by atomic mass is 9.73.